The van der Waals surface area contributed by atoms with Crippen molar-refractivity contribution in [2.24, 2.45) is 11.8 Å². The highest BCUT2D eigenvalue weighted by molar-refractivity contribution is 6.07. The van der Waals surface area contributed by atoms with Crippen molar-refractivity contribution >= 4 is 45.8 Å². The molecule has 4 aliphatic rings. The van der Waals surface area contributed by atoms with Crippen LogP contribution in [0.5, 0.6) is 5.75 Å². The van der Waals surface area contributed by atoms with Crippen LogP contribution in [0.4, 0.5) is 24.9 Å². The summed E-state index contributed by atoms with van der Waals surface area (Å²) < 4.78 is 52.9. The maximum absolute atomic E-state index is 14.2. The van der Waals surface area contributed by atoms with Crippen molar-refractivity contribution in [2.75, 3.05) is 37.0 Å². The smallest absolute Gasteiger partial charge is 0.392 e. The Labute approximate surface area is 271 Å². The SMILES string of the molecule is CCc1c(N2CCN(C(=O)c3c(O)ccc4ncoc34)[C@H]3CC[C@@H]32)c(=O)c2oc(N(C)C)nc2n1CC(=O)NC12CC1[C@H](C(F)(F)F)C2. The fraction of sp³-hybridized carbons (Fsp3) is 0.531. The summed E-state index contributed by atoms with van der Waals surface area (Å²) in [6.45, 7) is 2.14. The van der Waals surface area contributed by atoms with Crippen molar-refractivity contribution in [1.29, 1.82) is 0 Å². The molecule has 0 spiro atoms. The van der Waals surface area contributed by atoms with E-state index in [4.69, 9.17) is 8.83 Å². The van der Waals surface area contributed by atoms with Crippen LogP contribution in [0.3, 0.4) is 0 Å². The fourth-order valence-corrected chi connectivity index (χ4v) is 8.15. The Kier molecular flexibility index (Phi) is 6.60. The van der Waals surface area contributed by atoms with Gasteiger partial charge in [0.05, 0.1) is 12.0 Å². The summed E-state index contributed by atoms with van der Waals surface area (Å²) >= 11 is 0. The summed E-state index contributed by atoms with van der Waals surface area (Å²) in [6, 6.07) is 2.66. The number of hydrogen-bond donors (Lipinski definition) is 2. The number of phenols is 1. The molecule has 4 heterocycles. The Balaban J connectivity index is 1.13. The van der Waals surface area contributed by atoms with Gasteiger partial charge >= 0.3 is 6.18 Å². The number of hydrogen-bond acceptors (Lipinski definition) is 10. The predicted molar refractivity (Wildman–Crippen MR) is 166 cm³/mol. The van der Waals surface area contributed by atoms with Crippen LogP contribution in [0.15, 0.2) is 32.2 Å². The van der Waals surface area contributed by atoms with E-state index in [9.17, 15) is 32.7 Å². The fourth-order valence-electron chi connectivity index (χ4n) is 8.15. The average Bonchev–Trinajstić information content (AvgIpc) is 3.41. The molecule has 8 rings (SSSR count). The van der Waals surface area contributed by atoms with E-state index in [-0.39, 0.29) is 84.1 Å². The van der Waals surface area contributed by atoms with E-state index in [1.54, 1.807) is 34.5 Å². The second-order valence-corrected chi connectivity index (χ2v) is 13.5. The molecule has 1 aromatic carbocycles. The highest BCUT2D eigenvalue weighted by Gasteiger charge is 2.74. The molecule has 0 radical (unpaired) electrons. The molecule has 13 nitrogen and oxygen atoms in total. The lowest BCUT2D eigenvalue weighted by Gasteiger charge is -2.54. The molecule has 4 aromatic rings. The number of alkyl halides is 3. The van der Waals surface area contributed by atoms with Crippen molar-refractivity contribution in [3.8, 4) is 5.75 Å². The summed E-state index contributed by atoms with van der Waals surface area (Å²) in [5, 5.41) is 13.5. The van der Waals surface area contributed by atoms with E-state index in [0.717, 1.165) is 0 Å². The van der Waals surface area contributed by atoms with Crippen molar-refractivity contribution in [3.63, 3.8) is 0 Å². The summed E-state index contributed by atoms with van der Waals surface area (Å²) in [5.74, 6) is -3.08. The van der Waals surface area contributed by atoms with Gasteiger partial charge in [0.25, 0.3) is 11.9 Å². The van der Waals surface area contributed by atoms with Gasteiger partial charge in [0, 0.05) is 44.5 Å². The van der Waals surface area contributed by atoms with E-state index >= 15 is 0 Å². The minimum absolute atomic E-state index is 0.0294. The molecule has 4 fully saturated rings. The number of amides is 2. The first kappa shape index (κ1) is 30.6. The van der Waals surface area contributed by atoms with Crippen LogP contribution in [0, 0.1) is 11.8 Å². The van der Waals surface area contributed by atoms with Crippen LogP contribution in [0.25, 0.3) is 22.3 Å². The number of piperazine rings is 1. The monoisotopic (exact) mass is 669 g/mol. The number of oxazole rings is 2. The molecule has 1 aliphatic heterocycles. The summed E-state index contributed by atoms with van der Waals surface area (Å²) in [7, 11) is 3.42. The van der Waals surface area contributed by atoms with E-state index in [2.05, 4.69) is 15.3 Å². The van der Waals surface area contributed by atoms with E-state index in [1.165, 1.54) is 12.5 Å². The molecule has 3 aromatic heterocycles. The molecule has 3 saturated carbocycles. The Morgan fingerprint density at radius 1 is 1.15 bits per heavy atom. The molecule has 2 N–H and O–H groups in total. The molecule has 2 amide bonds. The number of rotatable bonds is 7. The molecule has 254 valence electrons. The van der Waals surface area contributed by atoms with E-state index < -0.39 is 35.4 Å². The first-order valence-electron chi connectivity index (χ1n) is 16.1. The van der Waals surface area contributed by atoms with Gasteiger partial charge in [-0.05, 0) is 50.2 Å². The minimum Gasteiger partial charge on any atom is -0.507 e. The molecule has 48 heavy (non-hydrogen) atoms. The first-order valence-corrected chi connectivity index (χ1v) is 16.1. The average molecular weight is 670 g/mol. The molecule has 3 aliphatic carbocycles. The number of nitrogens with zero attached hydrogens (tertiary/aromatic N) is 6. The predicted octanol–water partition coefficient (Wildman–Crippen LogP) is 3.42. The Hall–Kier alpha value is -4.76. The second kappa shape index (κ2) is 10.4. The number of fused-ring (bicyclic) bond motifs is 4. The zero-order valence-corrected chi connectivity index (χ0v) is 26.5. The van der Waals surface area contributed by atoms with Crippen LogP contribution in [0.1, 0.15) is 48.7 Å². The van der Waals surface area contributed by atoms with Crippen LogP contribution in [-0.4, -0.2) is 87.3 Å². The largest absolute Gasteiger partial charge is 0.507 e. The molecule has 16 heteroatoms. The van der Waals surface area contributed by atoms with Crippen molar-refractivity contribution in [1.82, 2.24) is 24.8 Å². The normalized spacial score (nSPS) is 26.1. The summed E-state index contributed by atoms with van der Waals surface area (Å²) in [4.78, 5) is 55.5. The van der Waals surface area contributed by atoms with Gasteiger partial charge in [0.2, 0.25) is 16.9 Å². The zero-order chi connectivity index (χ0) is 33.9. The van der Waals surface area contributed by atoms with Gasteiger partial charge in [-0.3, -0.25) is 14.4 Å². The van der Waals surface area contributed by atoms with Gasteiger partial charge in [0.1, 0.15) is 29.1 Å². The summed E-state index contributed by atoms with van der Waals surface area (Å²) in [6.07, 6.45) is -1.20. The number of pyridine rings is 1. The first-order chi connectivity index (χ1) is 22.8. The third kappa shape index (κ3) is 4.40. The Morgan fingerprint density at radius 3 is 2.58 bits per heavy atom. The van der Waals surface area contributed by atoms with Gasteiger partial charge < -0.3 is 38.5 Å². The van der Waals surface area contributed by atoms with Crippen molar-refractivity contribution in [2.45, 2.75) is 69.4 Å². The highest BCUT2D eigenvalue weighted by atomic mass is 19.4. The number of carbonyl (C=O) groups excluding carboxylic acids is 2. The molecule has 2 unspecified atom stereocenters. The van der Waals surface area contributed by atoms with E-state index in [0.29, 0.717) is 36.2 Å². The molecule has 0 bridgehead atoms. The van der Waals surface area contributed by atoms with Gasteiger partial charge in [-0.2, -0.15) is 18.2 Å². The molecular weight excluding hydrogens is 635 g/mol. The van der Waals surface area contributed by atoms with Crippen LogP contribution in [-0.2, 0) is 17.8 Å². The van der Waals surface area contributed by atoms with Gasteiger partial charge in [-0.1, -0.05) is 6.92 Å². The number of carbonyl (C=O) groups is 2. The number of nitrogens with one attached hydrogen (secondary N) is 1. The lowest BCUT2D eigenvalue weighted by atomic mass is 9.80. The maximum atomic E-state index is 14.2. The Bertz CT molecular complexity index is 2050. The zero-order valence-electron chi connectivity index (χ0n) is 26.5. The quantitative estimate of drug-likeness (QED) is 0.300. The van der Waals surface area contributed by atoms with Crippen molar-refractivity contribution < 1.29 is 36.7 Å². The maximum Gasteiger partial charge on any atom is 0.392 e. The van der Waals surface area contributed by atoms with Crippen LogP contribution < -0.4 is 20.5 Å². The number of aromatic nitrogens is 3. The third-order valence-electron chi connectivity index (χ3n) is 10.7. The Morgan fingerprint density at radius 2 is 1.92 bits per heavy atom. The lowest BCUT2D eigenvalue weighted by molar-refractivity contribution is -0.202. The van der Waals surface area contributed by atoms with Gasteiger partial charge in [-0.15, -0.1) is 0 Å². The lowest BCUT2D eigenvalue weighted by Crippen LogP contribution is -2.67. The molecule has 1 saturated heterocycles. The van der Waals surface area contributed by atoms with E-state index in [1.807, 2.05) is 11.8 Å². The second-order valence-electron chi connectivity index (χ2n) is 13.5. The molecular formula is C32H34F3N7O6. The third-order valence-corrected chi connectivity index (χ3v) is 10.7. The van der Waals surface area contributed by atoms with Crippen LogP contribution >= 0.6 is 0 Å². The number of aromatic hydroxyl groups is 1. The number of halogens is 3. The standard InChI is InChI=1S/C32H34F3N7O6/c1-4-18-24(40-9-10-41(20-7-6-19(20)40)29(46)23-21(43)8-5-17-26(23)47-14-36-17)25(45)27-28(37-30(48-27)39(2)3)42(18)13-22(44)38-31-11-15(31)16(12-31)32(33,34)35/h5,8,14-16,19-20,43H,4,6-7,9-13H2,1-3H3,(H,38,44)/t15?,16-,19+,20+,31?/m1/s1. The topological polar surface area (TPSA) is 150 Å². The van der Waals surface area contributed by atoms with Gasteiger partial charge in [0.15, 0.2) is 17.6 Å². The van der Waals surface area contributed by atoms with Crippen LogP contribution in [0.2, 0.25) is 0 Å². The minimum atomic E-state index is -4.29. The van der Waals surface area contributed by atoms with Gasteiger partial charge in [-0.25, -0.2) is 4.98 Å². The number of anilines is 2. The summed E-state index contributed by atoms with van der Waals surface area (Å²) in [5.41, 5.74) is 0.510. The molecule has 5 atom stereocenters. The number of phenolic OH excluding ortho intramolecular Hbond substituents is 1. The highest BCUT2D eigenvalue weighted by Crippen LogP contribution is 2.67. The van der Waals surface area contributed by atoms with Crippen molar-refractivity contribution in [3.05, 3.63) is 40.0 Å². The number of benzene rings is 1.